The largest absolute Gasteiger partial charge is 0.491 e. The summed E-state index contributed by atoms with van der Waals surface area (Å²) in [7, 11) is -1.21. The minimum Gasteiger partial charge on any atom is -0.491 e. The Balaban J connectivity index is 1.25. The van der Waals surface area contributed by atoms with Crippen molar-refractivity contribution < 1.29 is 18.5 Å². The first-order valence-electron chi connectivity index (χ1n) is 17.6. The number of carbonyl (C=O) groups is 1. The van der Waals surface area contributed by atoms with Gasteiger partial charge in [-0.25, -0.2) is 4.98 Å². The number of benzene rings is 3. The summed E-state index contributed by atoms with van der Waals surface area (Å²) >= 11 is 0. The molecular weight excluding hydrogens is 633 g/mol. The number of carbonyl (C=O) groups excluding carboxylic acids is 1. The fraction of sp³-hybridized carbons (Fsp3) is 0.400. The number of hydrogen-bond acceptors (Lipinski definition) is 6. The smallest absolute Gasteiger partial charge is 0.248 e. The van der Waals surface area contributed by atoms with Gasteiger partial charge in [0, 0.05) is 54.3 Å². The van der Waals surface area contributed by atoms with Crippen LogP contribution in [0.5, 0.6) is 5.75 Å². The van der Waals surface area contributed by atoms with Crippen molar-refractivity contribution in [1.82, 2.24) is 9.55 Å². The van der Waals surface area contributed by atoms with Gasteiger partial charge in [-0.3, -0.25) is 9.00 Å². The van der Waals surface area contributed by atoms with Crippen LogP contribution in [0.4, 0.5) is 11.4 Å². The quantitative estimate of drug-likeness (QED) is 0.0888. The van der Waals surface area contributed by atoms with Crippen LogP contribution in [-0.2, 0) is 32.6 Å². The van der Waals surface area contributed by atoms with Crippen LogP contribution in [0.2, 0.25) is 0 Å². The van der Waals surface area contributed by atoms with Crippen LogP contribution in [0, 0.1) is 0 Å². The highest BCUT2D eigenvalue weighted by atomic mass is 32.2. The Morgan fingerprint density at radius 3 is 2.53 bits per heavy atom. The molecule has 0 saturated carbocycles. The Labute approximate surface area is 294 Å². The summed E-state index contributed by atoms with van der Waals surface area (Å²) in [5.41, 5.74) is 5.89. The lowest BCUT2D eigenvalue weighted by atomic mass is 9.97. The Morgan fingerprint density at radius 1 is 0.980 bits per heavy atom. The Hall–Kier alpha value is -4.21. The number of aromatic nitrogens is 2. The number of rotatable bonds is 17. The molecule has 1 aliphatic heterocycles. The molecule has 260 valence electrons. The Kier molecular flexibility index (Phi) is 13.6. The highest BCUT2D eigenvalue weighted by Gasteiger charge is 2.21. The molecule has 8 nitrogen and oxygen atoms in total. The van der Waals surface area contributed by atoms with Gasteiger partial charge in [0.2, 0.25) is 5.91 Å². The van der Waals surface area contributed by atoms with E-state index >= 15 is 0 Å². The number of nitrogens with one attached hydrogen (secondary N) is 1. The molecule has 2 atom stereocenters. The first-order chi connectivity index (χ1) is 23.9. The van der Waals surface area contributed by atoms with Gasteiger partial charge in [0.25, 0.3) is 0 Å². The molecule has 1 unspecified atom stereocenters. The van der Waals surface area contributed by atoms with E-state index in [1.807, 2.05) is 34.9 Å². The summed E-state index contributed by atoms with van der Waals surface area (Å²) in [5.74, 6) is 0.996. The van der Waals surface area contributed by atoms with Crippen molar-refractivity contribution in [3.63, 3.8) is 0 Å². The second kappa shape index (κ2) is 18.5. The van der Waals surface area contributed by atoms with Gasteiger partial charge in [0.15, 0.2) is 0 Å². The van der Waals surface area contributed by atoms with Crippen LogP contribution >= 0.6 is 0 Å². The minimum atomic E-state index is -1.21. The van der Waals surface area contributed by atoms with Crippen LogP contribution in [0.3, 0.4) is 0 Å². The lowest BCUT2D eigenvalue weighted by Crippen LogP contribution is -2.37. The molecule has 1 amide bonds. The van der Waals surface area contributed by atoms with Gasteiger partial charge >= 0.3 is 0 Å². The number of hydrogen-bond donors (Lipinski definition) is 1. The fourth-order valence-corrected chi connectivity index (χ4v) is 7.18. The molecule has 1 N–H and O–H groups in total. The summed E-state index contributed by atoms with van der Waals surface area (Å²) in [6.45, 7) is 10.3. The summed E-state index contributed by atoms with van der Waals surface area (Å²) in [6, 6.07) is 22.3. The van der Waals surface area contributed by atoms with Gasteiger partial charge < -0.3 is 24.3 Å². The highest BCUT2D eigenvalue weighted by molar-refractivity contribution is 7.84. The molecule has 1 saturated heterocycles. The summed E-state index contributed by atoms with van der Waals surface area (Å²) < 4.78 is 26.6. The fourth-order valence-electron chi connectivity index (χ4n) is 6.06. The van der Waals surface area contributed by atoms with E-state index in [4.69, 9.17) is 9.47 Å². The topological polar surface area (TPSA) is 85.7 Å². The van der Waals surface area contributed by atoms with Crippen molar-refractivity contribution in [3.05, 3.63) is 96.6 Å². The Morgan fingerprint density at radius 2 is 1.78 bits per heavy atom. The van der Waals surface area contributed by atoms with Crippen LogP contribution in [0.15, 0.2) is 90.2 Å². The molecule has 49 heavy (non-hydrogen) atoms. The zero-order valence-corrected chi connectivity index (χ0v) is 29.9. The molecule has 9 heteroatoms. The number of imidazole rings is 1. The number of nitrogens with zero attached hydrogens (tertiary/aromatic N) is 3. The Bertz CT molecular complexity index is 1680. The maximum absolute atomic E-state index is 13.1. The molecular formula is C40H50N4O4S. The average Bonchev–Trinajstić information content (AvgIpc) is 3.56. The standard InChI is InChI=1S/C40H50N4O4S/c1-4-6-24-47-25-26-48-37-16-10-32(11-17-37)33-12-20-39(44-23-8-7-9-31(44)3)34(27-33)13-21-40(45)42-35-14-18-38(19-15-35)49(46)29-36-28-41-30-43(36)22-5-2/h10-21,27-28,30-31H,4-9,22-26,29H2,1-3H3,(H,42,45)/b21-13+/t31?,49-/m0/s1. The molecule has 5 rings (SSSR count). The number of piperidine rings is 1. The normalized spacial score (nSPS) is 15.4. The second-order valence-electron chi connectivity index (χ2n) is 12.6. The third kappa shape index (κ3) is 10.4. The van der Waals surface area contributed by atoms with Gasteiger partial charge in [-0.2, -0.15) is 0 Å². The van der Waals surface area contributed by atoms with Gasteiger partial charge in [0.05, 0.1) is 35.2 Å². The third-order valence-electron chi connectivity index (χ3n) is 8.81. The maximum atomic E-state index is 13.1. The number of amides is 1. The number of ether oxygens (including phenoxy) is 2. The molecule has 0 radical (unpaired) electrons. The van der Waals surface area contributed by atoms with Crippen molar-refractivity contribution in [2.45, 2.75) is 82.5 Å². The SMILES string of the molecule is CCCCOCCOc1ccc(-c2ccc(N3CCCCC3C)c(/C=C/C(=O)Nc3ccc([S@@](=O)Cc4cncn4CCC)cc3)c2)cc1. The molecule has 3 aromatic carbocycles. The van der Waals surface area contributed by atoms with E-state index < -0.39 is 10.8 Å². The molecule has 0 bridgehead atoms. The van der Waals surface area contributed by atoms with E-state index in [1.165, 1.54) is 6.42 Å². The summed E-state index contributed by atoms with van der Waals surface area (Å²) in [6.07, 6.45) is 13.8. The molecule has 4 aromatic rings. The van der Waals surface area contributed by atoms with E-state index in [0.29, 0.717) is 35.6 Å². The monoisotopic (exact) mass is 682 g/mol. The molecule has 1 aliphatic rings. The molecule has 2 heterocycles. The van der Waals surface area contributed by atoms with Crippen molar-refractivity contribution in [2.24, 2.45) is 0 Å². The van der Waals surface area contributed by atoms with Gasteiger partial charge in [-0.1, -0.05) is 38.5 Å². The lowest BCUT2D eigenvalue weighted by Gasteiger charge is -2.36. The van der Waals surface area contributed by atoms with Crippen molar-refractivity contribution in [1.29, 1.82) is 0 Å². The number of unbranched alkanes of at least 4 members (excludes halogenated alkanes) is 1. The first kappa shape index (κ1) is 36.1. The zero-order valence-electron chi connectivity index (χ0n) is 29.1. The summed E-state index contributed by atoms with van der Waals surface area (Å²) in [5, 5.41) is 2.97. The van der Waals surface area contributed by atoms with Crippen molar-refractivity contribution in [2.75, 3.05) is 36.6 Å². The van der Waals surface area contributed by atoms with E-state index in [-0.39, 0.29) is 5.91 Å². The van der Waals surface area contributed by atoms with E-state index in [0.717, 1.165) is 85.6 Å². The zero-order chi connectivity index (χ0) is 34.4. The first-order valence-corrected chi connectivity index (χ1v) is 18.9. The predicted molar refractivity (Wildman–Crippen MR) is 200 cm³/mol. The molecule has 1 aromatic heterocycles. The van der Waals surface area contributed by atoms with Crippen molar-refractivity contribution in [3.8, 4) is 16.9 Å². The average molecular weight is 683 g/mol. The van der Waals surface area contributed by atoms with Gasteiger partial charge in [-0.15, -0.1) is 0 Å². The van der Waals surface area contributed by atoms with E-state index in [2.05, 4.69) is 66.3 Å². The third-order valence-corrected chi connectivity index (χ3v) is 10.2. The van der Waals surface area contributed by atoms with Crippen LogP contribution < -0.4 is 15.0 Å². The predicted octanol–water partition coefficient (Wildman–Crippen LogP) is 8.49. The number of anilines is 2. The molecule has 0 spiro atoms. The van der Waals surface area contributed by atoms with Crippen molar-refractivity contribution >= 4 is 34.2 Å². The molecule has 1 fully saturated rings. The van der Waals surface area contributed by atoms with Gasteiger partial charge in [-0.05, 0) is 110 Å². The van der Waals surface area contributed by atoms with E-state index in [1.54, 1.807) is 30.7 Å². The lowest BCUT2D eigenvalue weighted by molar-refractivity contribution is -0.111. The minimum absolute atomic E-state index is 0.222. The van der Waals surface area contributed by atoms with Crippen LogP contribution in [0.25, 0.3) is 17.2 Å². The maximum Gasteiger partial charge on any atom is 0.248 e. The highest BCUT2D eigenvalue weighted by Crippen LogP contribution is 2.33. The second-order valence-corrected chi connectivity index (χ2v) is 14.0. The van der Waals surface area contributed by atoms with E-state index in [9.17, 15) is 9.00 Å². The molecule has 0 aliphatic carbocycles. The van der Waals surface area contributed by atoms with Crippen LogP contribution in [0.1, 0.15) is 70.6 Å². The van der Waals surface area contributed by atoms with Crippen LogP contribution in [-0.4, -0.2) is 52.1 Å². The number of aryl methyl sites for hydroxylation is 1. The summed E-state index contributed by atoms with van der Waals surface area (Å²) in [4.78, 5) is 20.5. The van der Waals surface area contributed by atoms with Gasteiger partial charge in [0.1, 0.15) is 12.4 Å².